The van der Waals surface area contributed by atoms with Gasteiger partial charge in [0.2, 0.25) is 0 Å². The molecule has 2 rings (SSSR count). The van der Waals surface area contributed by atoms with Gasteiger partial charge in [-0.1, -0.05) is 60.7 Å². The molecule has 0 aliphatic rings. The monoisotopic (exact) mass is 316 g/mol. The summed E-state index contributed by atoms with van der Waals surface area (Å²) in [4.78, 5) is 0. The molecule has 2 aromatic carbocycles. The van der Waals surface area contributed by atoms with Crippen LogP contribution in [0.4, 0.5) is 0 Å². The average molecular weight is 316 g/mol. The Morgan fingerprint density at radius 3 is 1.61 bits per heavy atom. The second kappa shape index (κ2) is 7.89. The van der Waals surface area contributed by atoms with Crippen molar-refractivity contribution >= 4 is 5.57 Å². The van der Waals surface area contributed by atoms with Crippen molar-refractivity contribution in [1.82, 2.24) is 0 Å². The average Bonchev–Trinajstić information content (AvgIpc) is 2.61. The van der Waals surface area contributed by atoms with Crippen LogP contribution in [0.25, 0.3) is 5.57 Å². The van der Waals surface area contributed by atoms with E-state index in [0.29, 0.717) is 16.7 Å². The second-order valence-electron chi connectivity index (χ2n) is 5.18. The van der Waals surface area contributed by atoms with Crippen molar-refractivity contribution in [3.8, 4) is 0 Å². The van der Waals surface area contributed by atoms with Crippen LogP contribution in [-0.4, -0.2) is 50.5 Å². The van der Waals surface area contributed by atoms with Gasteiger partial charge in [0.1, 0.15) is 24.1 Å². The summed E-state index contributed by atoms with van der Waals surface area (Å²) in [5, 5.41) is 48.8. The Morgan fingerprint density at radius 2 is 1.22 bits per heavy atom. The van der Waals surface area contributed by atoms with Gasteiger partial charge in [-0.3, -0.25) is 0 Å². The van der Waals surface area contributed by atoms with Gasteiger partial charge in [0.25, 0.3) is 0 Å². The van der Waals surface area contributed by atoms with Crippen molar-refractivity contribution in [3.63, 3.8) is 0 Å². The van der Waals surface area contributed by atoms with Gasteiger partial charge in [-0.2, -0.15) is 0 Å². The van der Waals surface area contributed by atoms with E-state index in [1.807, 2.05) is 12.1 Å². The van der Waals surface area contributed by atoms with Crippen LogP contribution in [0.1, 0.15) is 11.1 Å². The maximum Gasteiger partial charge on any atom is 0.140 e. The van der Waals surface area contributed by atoms with Crippen molar-refractivity contribution in [2.24, 2.45) is 0 Å². The van der Waals surface area contributed by atoms with E-state index >= 15 is 0 Å². The number of hydrogen-bond acceptors (Lipinski definition) is 5. The summed E-state index contributed by atoms with van der Waals surface area (Å²) in [6, 6.07) is 17.9. The minimum atomic E-state index is -1.73. The first-order valence-corrected chi connectivity index (χ1v) is 7.25. The molecular formula is C18H20O5. The van der Waals surface area contributed by atoms with Gasteiger partial charge in [-0.25, -0.2) is 0 Å². The van der Waals surface area contributed by atoms with Crippen molar-refractivity contribution in [3.05, 3.63) is 77.5 Å². The Balaban J connectivity index is 2.52. The first-order valence-electron chi connectivity index (χ1n) is 7.25. The van der Waals surface area contributed by atoms with Crippen LogP contribution < -0.4 is 0 Å². The predicted octanol–water partition coefficient (Wildman–Crippen LogP) is 1.08. The van der Waals surface area contributed by atoms with E-state index in [0.717, 1.165) is 0 Å². The standard InChI is InChI=1S/C18H20O5/c19-11-14(20)16(21)18(23)17(22)15(12-7-3-1-4-8-12)13-9-5-2-6-10-13/h1-10,14,16,18-23H,11H2. The highest BCUT2D eigenvalue weighted by Crippen LogP contribution is 2.28. The fourth-order valence-corrected chi connectivity index (χ4v) is 2.30. The predicted molar refractivity (Wildman–Crippen MR) is 86.6 cm³/mol. The van der Waals surface area contributed by atoms with Crippen molar-refractivity contribution < 1.29 is 25.5 Å². The van der Waals surface area contributed by atoms with Crippen LogP contribution >= 0.6 is 0 Å². The first-order chi connectivity index (χ1) is 11.1. The molecule has 0 aliphatic heterocycles. The molecule has 0 fully saturated rings. The van der Waals surface area contributed by atoms with E-state index in [1.54, 1.807) is 48.5 Å². The van der Waals surface area contributed by atoms with E-state index in [1.165, 1.54) is 0 Å². The second-order valence-corrected chi connectivity index (χ2v) is 5.18. The Kier molecular flexibility index (Phi) is 5.90. The summed E-state index contributed by atoms with van der Waals surface area (Å²) in [6.45, 7) is -0.725. The number of aliphatic hydroxyl groups is 5. The molecule has 0 aliphatic carbocycles. The molecule has 0 amide bonds. The molecule has 5 heteroatoms. The van der Waals surface area contributed by atoms with Crippen LogP contribution in [0.5, 0.6) is 0 Å². The zero-order valence-electron chi connectivity index (χ0n) is 12.4. The number of aliphatic hydroxyl groups excluding tert-OH is 5. The van der Waals surface area contributed by atoms with Gasteiger partial charge < -0.3 is 25.5 Å². The lowest BCUT2D eigenvalue weighted by molar-refractivity contribution is -0.0737. The van der Waals surface area contributed by atoms with Crippen LogP contribution in [-0.2, 0) is 0 Å². The molecule has 3 unspecified atom stereocenters. The third-order valence-electron chi connectivity index (χ3n) is 3.57. The summed E-state index contributed by atoms with van der Waals surface area (Å²) in [6.07, 6.45) is -4.99. The first kappa shape index (κ1) is 17.2. The molecule has 122 valence electrons. The molecule has 5 nitrogen and oxygen atoms in total. The van der Waals surface area contributed by atoms with E-state index in [4.69, 9.17) is 5.11 Å². The molecule has 5 N–H and O–H groups in total. The molecular weight excluding hydrogens is 296 g/mol. The molecule has 0 radical (unpaired) electrons. The number of hydrogen-bond donors (Lipinski definition) is 5. The summed E-state index contributed by atoms with van der Waals surface area (Å²) in [7, 11) is 0. The third kappa shape index (κ3) is 3.97. The minimum absolute atomic E-state index is 0.350. The minimum Gasteiger partial charge on any atom is -0.509 e. The lowest BCUT2D eigenvalue weighted by Crippen LogP contribution is -2.40. The zero-order chi connectivity index (χ0) is 16.8. The van der Waals surface area contributed by atoms with Crippen molar-refractivity contribution in [2.45, 2.75) is 18.3 Å². The van der Waals surface area contributed by atoms with E-state index < -0.39 is 30.7 Å². The molecule has 0 heterocycles. The lowest BCUT2D eigenvalue weighted by Gasteiger charge is -2.23. The highest BCUT2D eigenvalue weighted by molar-refractivity contribution is 5.81. The van der Waals surface area contributed by atoms with Crippen molar-refractivity contribution in [1.29, 1.82) is 0 Å². The fraction of sp³-hybridized carbons (Fsp3) is 0.222. The fourth-order valence-electron chi connectivity index (χ4n) is 2.30. The largest absolute Gasteiger partial charge is 0.509 e. The Bertz CT molecular complexity index is 597. The van der Waals surface area contributed by atoms with Gasteiger partial charge in [0, 0.05) is 5.57 Å². The summed E-state index contributed by atoms with van der Waals surface area (Å²) in [5.74, 6) is -0.470. The number of benzene rings is 2. The van der Waals surface area contributed by atoms with Gasteiger partial charge in [0.15, 0.2) is 0 Å². The highest BCUT2D eigenvalue weighted by atomic mass is 16.4. The Hall–Kier alpha value is -2.18. The van der Waals surface area contributed by atoms with Crippen LogP contribution in [0, 0.1) is 0 Å². The van der Waals surface area contributed by atoms with Gasteiger partial charge in [0.05, 0.1) is 6.61 Å². The maximum absolute atomic E-state index is 10.5. The molecule has 23 heavy (non-hydrogen) atoms. The molecule has 0 bridgehead atoms. The molecule has 0 aromatic heterocycles. The molecule has 2 aromatic rings. The normalized spacial score (nSPS) is 14.8. The lowest BCUT2D eigenvalue weighted by atomic mass is 9.93. The smallest absolute Gasteiger partial charge is 0.140 e. The Morgan fingerprint density at radius 1 is 0.783 bits per heavy atom. The Labute approximate surface area is 134 Å². The van der Waals surface area contributed by atoms with E-state index in [2.05, 4.69) is 0 Å². The zero-order valence-corrected chi connectivity index (χ0v) is 12.4. The topological polar surface area (TPSA) is 101 Å². The van der Waals surface area contributed by atoms with Gasteiger partial charge in [-0.05, 0) is 11.1 Å². The number of rotatable bonds is 6. The van der Waals surface area contributed by atoms with Crippen LogP contribution in [0.3, 0.4) is 0 Å². The SMILES string of the molecule is OCC(O)C(O)C(O)C(O)=C(c1ccccc1)c1ccccc1. The molecule has 0 spiro atoms. The quantitative estimate of drug-likeness (QED) is 0.513. The van der Waals surface area contributed by atoms with Gasteiger partial charge in [-0.15, -0.1) is 0 Å². The molecule has 3 atom stereocenters. The molecule has 0 saturated carbocycles. The van der Waals surface area contributed by atoms with E-state index in [9.17, 15) is 20.4 Å². The molecule has 0 saturated heterocycles. The van der Waals surface area contributed by atoms with E-state index in [-0.39, 0.29) is 0 Å². The maximum atomic E-state index is 10.5. The third-order valence-corrected chi connectivity index (χ3v) is 3.57. The summed E-state index contributed by atoms with van der Waals surface area (Å²) >= 11 is 0. The van der Waals surface area contributed by atoms with Crippen molar-refractivity contribution in [2.75, 3.05) is 6.61 Å². The summed E-state index contributed by atoms with van der Waals surface area (Å²) in [5.41, 5.74) is 1.66. The summed E-state index contributed by atoms with van der Waals surface area (Å²) < 4.78 is 0. The van der Waals surface area contributed by atoms with Crippen LogP contribution in [0.15, 0.2) is 66.4 Å². The highest BCUT2D eigenvalue weighted by Gasteiger charge is 2.29. The van der Waals surface area contributed by atoms with Gasteiger partial charge >= 0.3 is 0 Å². The van der Waals surface area contributed by atoms with Crippen LogP contribution in [0.2, 0.25) is 0 Å².